The molecule has 93 heteroatoms. The van der Waals surface area contributed by atoms with Crippen molar-refractivity contribution >= 4 is 56.5 Å². The molecule has 8 heterocycles. The monoisotopic (exact) mass is 8220 g/mol. The molecule has 0 N–H and O–H groups in total. The van der Waals surface area contributed by atoms with Crippen LogP contribution >= 0.6 is 0 Å². The first-order valence-corrected chi connectivity index (χ1v) is 17.5. The fourth-order valence-corrected chi connectivity index (χ4v) is 9.22. The van der Waals surface area contributed by atoms with Crippen molar-refractivity contribution in [3.63, 3.8) is 0 Å². The smallest absolute Gasteiger partial charge is 0.253 e. The Balaban J connectivity index is -0.00000000628. The standard InChI is InChI=1S/C43H30N8.85Y/c1-17-11-27-28(12-18(17)2)36-45-40-32-16-22(6)24(8)26(10)34(32)42-47-38-30-14-20(4)19(3)13-29(30)37-46-41-33-25(9)23(7)21(5)15-31(33)39-44-35(27)48(36)43(49(37)38,50(39)41)51(40)42;;;;;;;;;;;;;;;;;;;;;;;;;;;;;;;;;;;;;;;;;;;;;;;;;;;;;;;;;;;;;;;;;;;;;;;;;;;;;;;;;;;;;/h1-10H3;;;;;;;;;;;;;;;;;;;;;;;;;;;;;;;;;;;;;;;;;;;;;;;;;;;;;;;;;;;;;;;;;;;;;;;;;;;;;;;;;;;;;/q-4;;;;;;;;;;;;;;;;;;;;;;;;;;;;;;;;;;;;;;;;;;;;;;;;;;;;;;;;;;;;;;;;;;;;;;;;;;;;;;;;;;;;;. The maximum absolute atomic E-state index is 5.60. The molecule has 0 saturated heterocycles. The van der Waals surface area contributed by atoms with Crippen LogP contribution in [0, 0.1) is 106 Å². The first kappa shape index (κ1) is 495. The van der Waals surface area contributed by atoms with Crippen LogP contribution in [0.1, 0.15) is 77.9 Å². The van der Waals surface area contributed by atoms with Crippen molar-refractivity contribution in [3.8, 4) is 0 Å². The summed E-state index contributed by atoms with van der Waals surface area (Å²) >= 11 is 0. The fraction of sp³-hybridized carbons (Fsp3) is 0.256. The minimum absolute atomic E-state index is 0. The van der Waals surface area contributed by atoms with E-state index in [1.54, 1.807) is 0 Å². The van der Waals surface area contributed by atoms with Crippen LogP contribution in [0.3, 0.4) is 0 Å². The van der Waals surface area contributed by atoms with Gasteiger partial charge in [0, 0.05) is 2780 Å². The molecule has 2 aromatic heterocycles. The molecule has 0 bridgehead atoms. The largest absolute Gasteiger partial charge is 0.352 e. The van der Waals surface area contributed by atoms with E-state index in [0.29, 0.717) is 0 Å². The fourth-order valence-electron chi connectivity index (χ4n) is 9.22. The van der Waals surface area contributed by atoms with Gasteiger partial charge >= 0.3 is 5.91 Å². The molecule has 6 aliphatic heterocycles. The molecule has 6 aliphatic rings. The van der Waals surface area contributed by atoms with E-state index in [1.165, 1.54) is 22.3 Å². The van der Waals surface area contributed by atoms with E-state index >= 15 is 0 Å². The summed E-state index contributed by atoms with van der Waals surface area (Å²) in [5, 5.41) is 4.02. The Morgan fingerprint density at radius 3 is 0.559 bits per heavy atom. The van der Waals surface area contributed by atoms with Gasteiger partial charge in [0.05, 0.1) is 0 Å². The summed E-state index contributed by atoms with van der Waals surface area (Å²) < 4.78 is 9.25. The van der Waals surface area contributed by atoms with Crippen molar-refractivity contribution in [1.29, 1.82) is 0 Å². The Morgan fingerprint density at radius 2 is 0.346 bits per heavy atom. The number of aliphatic imine (C=N–C) groups is 2. The summed E-state index contributed by atoms with van der Waals surface area (Å²) in [7, 11) is 0. The van der Waals surface area contributed by atoms with E-state index in [2.05, 4.69) is 124 Å². The van der Waals surface area contributed by atoms with Crippen LogP contribution in [0.5, 0.6) is 0 Å². The minimum atomic E-state index is -1.11. The number of rotatable bonds is 0. The molecule has 6 aromatic rings. The van der Waals surface area contributed by atoms with Crippen molar-refractivity contribution in [2.24, 2.45) is 20.0 Å². The van der Waals surface area contributed by atoms with E-state index in [0.717, 1.165) is 123 Å². The number of aromatic nitrogens is 2. The number of hydrogen-bond donors (Lipinski definition) is 0. The normalized spacial score (nSPS) is 7.22. The van der Waals surface area contributed by atoms with Gasteiger partial charge in [-0.15, -0.1) is 45.5 Å². The van der Waals surface area contributed by atoms with Gasteiger partial charge in [-0.05, 0) is 10.8 Å². The van der Waals surface area contributed by atoms with Gasteiger partial charge in [0.2, 0.25) is 0 Å². The Morgan fingerprint density at radius 1 is 0.169 bits per heavy atom. The average Bonchev–Trinajstić information content (AvgIpc) is 3.79. The number of hydrogen-bond acceptors (Lipinski definition) is 4. The van der Waals surface area contributed by atoms with E-state index in [-0.39, 0.29) is 2780 Å². The van der Waals surface area contributed by atoms with Crippen molar-refractivity contribution in [1.82, 2.24) is 9.13 Å². The zero-order valence-corrected chi connectivity index (χ0v) is 320. The molecular weight excluding hydrogens is 8190 g/mol. The predicted molar refractivity (Wildman–Crippen MR) is 194 cm³/mol. The molecule has 0 saturated carbocycles. The quantitative estimate of drug-likeness (QED) is 0.145. The molecule has 8 nitrogen and oxygen atoms in total. The maximum atomic E-state index is 5.60. The van der Waals surface area contributed by atoms with Crippen LogP contribution in [0.15, 0.2) is 20.0 Å². The SMILES string of the molecule is Cc1[c-]c2c([c-]c1C)C1=[N+]3C2=Nc2c4[c-]c(C)c(C)c(C)c4c4n2C32n3c(c5[c-]c(C)c(C)c(C)c5c3=NC3=[N+]2C(=N4)c2[c-]c(C)c(C)[c-]c23)=N1.[Y].[Y].[Y].[Y].[Y].[Y].[Y].[Y].[Y].[Y].[Y].[Y].[Y].[Y].[Y].[Y].[Y].[Y].[Y].[Y].[Y].[Y].[Y].[Y].[Y].[Y].[Y].[Y].[Y].[Y].[Y].[Y].[Y].[Y].[Y].[Y].[Y].[Y].[Y].[Y].[Y].[Y].[Y].[Y].[Y].[Y].[Y].[Y].[Y].[Y].[Y].[Y].[Y].[Y].[Y].[Y].[Y].[Y].[Y].[Y].[Y].[Y].[Y].[Y].[Y].[Y].[Y].[Y].[Y].[Y].[Y].[Y].[Y].[Y].[Y].[Y].[Y].[Y].[Y].[Y].[Y].[Y].[Y].[Y].[Y]. The molecule has 0 fully saturated rings. The molecule has 0 aliphatic carbocycles. The van der Waals surface area contributed by atoms with Crippen molar-refractivity contribution in [2.75, 3.05) is 0 Å². The minimum Gasteiger partial charge on any atom is -0.253 e. The molecule has 136 heavy (non-hydrogen) atoms. The van der Waals surface area contributed by atoms with Gasteiger partial charge in [0.15, 0.2) is 11.3 Å². The van der Waals surface area contributed by atoms with Crippen molar-refractivity contribution < 1.29 is 2790 Å². The zero-order valence-electron chi connectivity index (χ0n) is 79.2. The van der Waals surface area contributed by atoms with E-state index in [1.807, 2.05) is 0 Å². The molecule has 1 atom stereocenters. The van der Waals surface area contributed by atoms with Crippen LogP contribution < -0.4 is 11.0 Å². The molecule has 501 valence electrons. The number of benzene rings is 4. The summed E-state index contributed by atoms with van der Waals surface area (Å²) in [4.78, 5) is 22.3. The van der Waals surface area contributed by atoms with Gasteiger partial charge in [0.25, 0.3) is 0 Å². The Hall–Kier alpha value is 88.1. The van der Waals surface area contributed by atoms with E-state index < -0.39 is 5.91 Å². The molecule has 0 amide bonds. The second kappa shape index (κ2) is 292. The Bertz CT molecular complexity index is 3300. The predicted octanol–water partition coefficient (Wildman–Crippen LogP) is 5.38. The van der Waals surface area contributed by atoms with Crippen LogP contribution in [-0.4, -0.2) is 41.6 Å². The number of aryl methyl sites for hydroxylation is 8. The van der Waals surface area contributed by atoms with Crippen LogP contribution in [0.4, 0.5) is 11.6 Å². The summed E-state index contributed by atoms with van der Waals surface area (Å²) in [6.45, 7) is 21.4. The zero-order chi connectivity index (χ0) is 34.9. The average molecular weight is 8220 g/mol. The summed E-state index contributed by atoms with van der Waals surface area (Å²) in [5.74, 6) is 3.69. The topological polar surface area (TPSA) is 65.3 Å². The third-order valence-corrected chi connectivity index (χ3v) is 12.5. The number of nitrogens with zero attached hydrogens (tertiary/aromatic N) is 8. The van der Waals surface area contributed by atoms with Crippen molar-refractivity contribution in [2.45, 2.75) is 75.1 Å². The van der Waals surface area contributed by atoms with Crippen LogP contribution in [0.25, 0.3) is 21.5 Å². The summed E-state index contributed by atoms with van der Waals surface area (Å²) in [6.07, 6.45) is 0. The number of amidine groups is 4. The summed E-state index contributed by atoms with van der Waals surface area (Å²) in [6, 6.07) is 22.5. The van der Waals surface area contributed by atoms with E-state index in [4.69, 9.17) is 20.0 Å². The van der Waals surface area contributed by atoms with Crippen LogP contribution in [0.2, 0.25) is 0 Å². The molecule has 1 unspecified atom stereocenters. The van der Waals surface area contributed by atoms with Gasteiger partial charge in [-0.1, -0.05) is 80.0 Å². The molecule has 1 spiro atoms. The third-order valence-electron chi connectivity index (χ3n) is 12.5. The second-order valence-electron chi connectivity index (χ2n) is 15.0. The van der Waals surface area contributed by atoms with Crippen LogP contribution in [-0.2, 0) is 2790 Å². The van der Waals surface area contributed by atoms with Crippen molar-refractivity contribution in [3.05, 3.63) is 125 Å². The summed E-state index contributed by atoms with van der Waals surface area (Å²) in [5.41, 5.74) is 16.4. The first-order valence-electron chi connectivity index (χ1n) is 17.5. The first-order chi connectivity index (χ1) is 24.4. The van der Waals surface area contributed by atoms with Gasteiger partial charge in [0.1, 0.15) is 34.6 Å². The number of fused-ring (bicyclic) bond motifs is 12. The van der Waals surface area contributed by atoms with Gasteiger partial charge < -0.3 is 0 Å². The third kappa shape index (κ3) is 156. The van der Waals surface area contributed by atoms with E-state index in [9.17, 15) is 0 Å². The Labute approximate surface area is 2960 Å². The Kier molecular flexibility index (Phi) is 1060. The second-order valence-corrected chi connectivity index (χ2v) is 15.0. The van der Waals surface area contributed by atoms with Gasteiger partial charge in [-0.3, -0.25) is 9.15 Å². The molecule has 4 aromatic carbocycles. The maximum Gasteiger partial charge on any atom is 0.352 e. The molecule has 12 rings (SSSR count). The van der Waals surface area contributed by atoms with Gasteiger partial charge in [-0.25, -0.2) is 55.7 Å². The molecule has 85 radical (unpaired) electrons. The van der Waals surface area contributed by atoms with Gasteiger partial charge in [-0.2, -0.15) is 42.2 Å². The molecular formula is C43H30N8Y85-4.